The number of esters is 1. The van der Waals surface area contributed by atoms with Gasteiger partial charge in [0.15, 0.2) is 5.75 Å². The van der Waals surface area contributed by atoms with E-state index in [0.717, 1.165) is 0 Å². The number of hydrogen-bond acceptors (Lipinski definition) is 6. The number of halogens is 2. The van der Waals surface area contributed by atoms with E-state index in [1.165, 1.54) is 32.0 Å². The van der Waals surface area contributed by atoms with Gasteiger partial charge in [0.25, 0.3) is 5.91 Å². The fourth-order valence-electron chi connectivity index (χ4n) is 3.22. The Labute approximate surface area is 219 Å². The number of nitrogens with one attached hydrogen (secondary N) is 1. The Hall–Kier alpha value is -2.65. The summed E-state index contributed by atoms with van der Waals surface area (Å²) in [4.78, 5) is 34.1. The molecule has 11 heteroatoms. The zero-order valence-corrected chi connectivity index (χ0v) is 22.8. The molecule has 0 saturated heterocycles. The molecule has 184 valence electrons. The zero-order chi connectivity index (χ0) is 25.8. The van der Waals surface area contributed by atoms with Gasteiger partial charge in [-0.25, -0.2) is 4.79 Å². The molecule has 0 aromatic heterocycles. The van der Waals surface area contributed by atoms with Crippen molar-refractivity contribution in [2.24, 2.45) is 0 Å². The largest absolute Gasteiger partial charge is 0.507 e. The number of amides is 1. The van der Waals surface area contributed by atoms with Crippen molar-refractivity contribution in [2.45, 2.75) is 12.7 Å². The molecule has 0 bridgehead atoms. The van der Waals surface area contributed by atoms with Crippen LogP contribution in [0.5, 0.6) is 17.2 Å². The number of carbonyl (C=O) groups is 2. The predicted molar refractivity (Wildman–Crippen MR) is 138 cm³/mol. The van der Waals surface area contributed by atoms with Gasteiger partial charge in [0, 0.05) is 19.4 Å². The van der Waals surface area contributed by atoms with E-state index in [4.69, 9.17) is 9.47 Å². The molecule has 0 aliphatic heterocycles. The molecule has 1 amide bonds. The molecular weight excluding hydrogens is 605 g/mol. The van der Waals surface area contributed by atoms with Crippen LogP contribution in [-0.4, -0.2) is 35.7 Å². The minimum atomic E-state index is -3.25. The summed E-state index contributed by atoms with van der Waals surface area (Å²) in [7, 11) is -1.96. The minimum Gasteiger partial charge on any atom is -0.507 e. The summed E-state index contributed by atoms with van der Waals surface area (Å²) in [6.45, 7) is 1.41. The molecule has 0 spiro atoms. The maximum atomic E-state index is 12.7. The number of rotatable bonds is 8. The van der Waals surface area contributed by atoms with Gasteiger partial charge in [0.05, 0.1) is 27.2 Å². The molecule has 35 heavy (non-hydrogen) atoms. The average molecular weight is 627 g/mol. The van der Waals surface area contributed by atoms with Crippen LogP contribution in [0.15, 0.2) is 63.5 Å². The van der Waals surface area contributed by atoms with Crippen molar-refractivity contribution in [1.82, 2.24) is 5.32 Å². The highest BCUT2D eigenvalue weighted by Gasteiger charge is 2.18. The first-order valence-electron chi connectivity index (χ1n) is 10.2. The van der Waals surface area contributed by atoms with Crippen LogP contribution in [0.4, 0.5) is 0 Å². The number of carbonyl (C=O) groups excluding carboxylic acids is 2. The minimum absolute atomic E-state index is 0.00249. The van der Waals surface area contributed by atoms with Crippen molar-refractivity contribution in [2.75, 3.05) is 13.8 Å². The number of hydrogen-bond donors (Lipinski definition) is 3. The maximum Gasteiger partial charge on any atom is 0.337 e. The average Bonchev–Trinajstić information content (AvgIpc) is 2.79. The van der Waals surface area contributed by atoms with Gasteiger partial charge < -0.3 is 24.8 Å². The predicted octanol–water partition coefficient (Wildman–Crippen LogP) is 5.83. The van der Waals surface area contributed by atoms with Gasteiger partial charge in [-0.3, -0.25) is 9.36 Å². The summed E-state index contributed by atoms with van der Waals surface area (Å²) in [6, 6.07) is 14.3. The van der Waals surface area contributed by atoms with Crippen molar-refractivity contribution in [3.8, 4) is 17.2 Å². The number of phenolic OH excluding ortho intramolecular Hbond substituents is 1. The van der Waals surface area contributed by atoms with E-state index >= 15 is 0 Å². The maximum absolute atomic E-state index is 12.7. The molecule has 1 atom stereocenters. The molecule has 3 aromatic rings. The van der Waals surface area contributed by atoms with Crippen LogP contribution in [0.1, 0.15) is 31.8 Å². The molecule has 0 aliphatic carbocycles. The second kappa shape index (κ2) is 11.4. The third-order valence-electron chi connectivity index (χ3n) is 4.77. The lowest BCUT2D eigenvalue weighted by Crippen LogP contribution is -2.23. The molecule has 3 rings (SSSR count). The van der Waals surface area contributed by atoms with E-state index in [2.05, 4.69) is 37.2 Å². The molecule has 0 aliphatic rings. The first-order chi connectivity index (χ1) is 16.5. The van der Waals surface area contributed by atoms with Gasteiger partial charge in [0.1, 0.15) is 11.5 Å². The van der Waals surface area contributed by atoms with Crippen molar-refractivity contribution < 1.29 is 33.6 Å². The normalized spacial score (nSPS) is 12.5. The molecule has 0 fully saturated rings. The molecule has 3 aromatic carbocycles. The monoisotopic (exact) mass is 625 g/mol. The summed E-state index contributed by atoms with van der Waals surface area (Å²) >= 11 is 6.82. The number of ether oxygens (including phenoxy) is 2. The third kappa shape index (κ3) is 7.41. The van der Waals surface area contributed by atoms with Crippen LogP contribution in [-0.2, 0) is 22.0 Å². The van der Waals surface area contributed by atoms with Crippen molar-refractivity contribution in [3.63, 3.8) is 0 Å². The summed E-state index contributed by atoms with van der Waals surface area (Å²) in [5, 5.41) is 12.9. The van der Waals surface area contributed by atoms with Crippen LogP contribution >= 0.6 is 39.2 Å². The number of benzene rings is 3. The van der Waals surface area contributed by atoms with Crippen LogP contribution in [0.3, 0.4) is 0 Å². The molecule has 0 saturated carbocycles. The summed E-state index contributed by atoms with van der Waals surface area (Å²) in [5.74, 6) is -0.557. The van der Waals surface area contributed by atoms with E-state index in [1.807, 2.05) is 0 Å². The second-order valence-electron chi connectivity index (χ2n) is 7.75. The second-order valence-corrected chi connectivity index (χ2v) is 11.9. The van der Waals surface area contributed by atoms with Crippen molar-refractivity contribution >= 4 is 51.1 Å². The topological polar surface area (TPSA) is 122 Å². The fourth-order valence-corrected chi connectivity index (χ4v) is 5.53. The quantitative estimate of drug-likeness (QED) is 0.213. The number of phenols is 1. The number of aromatic hydroxyl groups is 1. The van der Waals surface area contributed by atoms with E-state index in [1.54, 1.807) is 36.4 Å². The van der Waals surface area contributed by atoms with E-state index in [-0.39, 0.29) is 29.8 Å². The molecule has 0 heterocycles. The summed E-state index contributed by atoms with van der Waals surface area (Å²) < 4.78 is 23.4. The molecule has 3 N–H and O–H groups in total. The summed E-state index contributed by atoms with van der Waals surface area (Å²) in [5.41, 5.74) is 1.69. The molecule has 1 unspecified atom stereocenters. The van der Waals surface area contributed by atoms with Crippen LogP contribution in [0.2, 0.25) is 0 Å². The van der Waals surface area contributed by atoms with Gasteiger partial charge in [-0.15, -0.1) is 0 Å². The Bertz CT molecular complexity index is 1300. The van der Waals surface area contributed by atoms with Crippen molar-refractivity contribution in [1.29, 1.82) is 0 Å². The van der Waals surface area contributed by atoms with E-state index in [9.17, 15) is 24.2 Å². The third-order valence-corrected chi connectivity index (χ3v) is 6.90. The smallest absolute Gasteiger partial charge is 0.337 e. The lowest BCUT2D eigenvalue weighted by Gasteiger charge is -2.14. The Morgan fingerprint density at radius 3 is 2.34 bits per heavy atom. The Morgan fingerprint density at radius 2 is 1.71 bits per heavy atom. The molecular formula is C24H22Br2NO7P. The van der Waals surface area contributed by atoms with Crippen molar-refractivity contribution in [3.05, 3.63) is 85.8 Å². The number of methoxy groups -OCH3 is 1. The van der Waals surface area contributed by atoms with Gasteiger partial charge in [-0.1, -0.05) is 12.1 Å². The van der Waals surface area contributed by atoms with Gasteiger partial charge in [-0.2, -0.15) is 0 Å². The Kier molecular flexibility index (Phi) is 8.77. The standard InChI is InChI=1S/C24H22Br2NO7P/c1-33-24(30)16-5-3-4-14(8-16)12-27-23(29)18-11-17(6-7-21(18)28)34-22-19(25)9-15(10-20(22)26)13-35(2,31)32/h3-11,28H,12-13H2,1-2H3,(H,27,29)(H,31,32). The lowest BCUT2D eigenvalue weighted by atomic mass is 10.1. The highest BCUT2D eigenvalue weighted by atomic mass is 79.9. The van der Waals surface area contributed by atoms with Crippen LogP contribution < -0.4 is 10.1 Å². The first-order valence-corrected chi connectivity index (χ1v) is 14.1. The summed E-state index contributed by atoms with van der Waals surface area (Å²) in [6.07, 6.45) is 0.0105. The van der Waals surface area contributed by atoms with Gasteiger partial charge in [0.2, 0.25) is 7.37 Å². The van der Waals surface area contributed by atoms with E-state index in [0.29, 0.717) is 31.4 Å². The van der Waals surface area contributed by atoms with Crippen LogP contribution in [0.25, 0.3) is 0 Å². The highest BCUT2D eigenvalue weighted by Crippen LogP contribution is 2.44. The van der Waals surface area contributed by atoms with E-state index < -0.39 is 19.2 Å². The Morgan fingerprint density at radius 1 is 1.03 bits per heavy atom. The molecule has 0 radical (unpaired) electrons. The van der Waals surface area contributed by atoms with Crippen LogP contribution in [0, 0.1) is 0 Å². The fraction of sp³-hybridized carbons (Fsp3) is 0.167. The molecule has 8 nitrogen and oxygen atoms in total. The SMILES string of the molecule is COC(=O)c1cccc(CNC(=O)c2cc(Oc3c(Br)cc(CP(C)(=O)O)cc3Br)ccc2O)c1. The highest BCUT2D eigenvalue weighted by molar-refractivity contribution is 9.11. The Balaban J connectivity index is 1.76. The lowest BCUT2D eigenvalue weighted by molar-refractivity contribution is 0.0600. The first kappa shape index (κ1) is 26.9. The van der Waals surface area contributed by atoms with Gasteiger partial charge >= 0.3 is 5.97 Å². The van der Waals surface area contributed by atoms with Gasteiger partial charge in [-0.05, 0) is 85.5 Å². The zero-order valence-electron chi connectivity index (χ0n) is 18.7.